The Balaban J connectivity index is 1.63. The first-order chi connectivity index (χ1) is 12.3. The first kappa shape index (κ1) is 18.0. The van der Waals surface area contributed by atoms with Crippen LogP contribution in [0.5, 0.6) is 5.75 Å². The van der Waals surface area contributed by atoms with Crippen LogP contribution in [0.2, 0.25) is 0 Å². The summed E-state index contributed by atoms with van der Waals surface area (Å²) in [5.41, 5.74) is 1.31. The number of carboxylic acids is 1. The highest BCUT2D eigenvalue weighted by Gasteiger charge is 2.42. The number of hydrogen-bond acceptors (Lipinski definition) is 4. The van der Waals surface area contributed by atoms with E-state index < -0.39 is 11.4 Å². The molecule has 0 radical (unpaired) electrons. The van der Waals surface area contributed by atoms with Crippen LogP contribution in [-0.4, -0.2) is 35.0 Å². The fourth-order valence-corrected chi connectivity index (χ4v) is 3.15. The normalized spacial score (nSPS) is 19.6. The topological polar surface area (TPSA) is 80.0 Å². The molecule has 1 atom stereocenters. The summed E-state index contributed by atoms with van der Waals surface area (Å²) in [5, 5.41) is 9.29. The smallest absolute Gasteiger partial charge is 0.311 e. The predicted molar refractivity (Wildman–Crippen MR) is 95.2 cm³/mol. The van der Waals surface area contributed by atoms with Gasteiger partial charge in [-0.25, -0.2) is 0 Å². The number of hydrogen-bond donors (Lipinski definition) is 1. The molecule has 6 nitrogen and oxygen atoms in total. The van der Waals surface area contributed by atoms with Crippen molar-refractivity contribution in [1.82, 2.24) is 4.90 Å². The van der Waals surface area contributed by atoms with Gasteiger partial charge in [-0.05, 0) is 51.0 Å². The zero-order valence-corrected chi connectivity index (χ0v) is 15.2. The predicted octanol–water partition coefficient (Wildman–Crippen LogP) is 3.41. The van der Waals surface area contributed by atoms with Crippen molar-refractivity contribution in [2.75, 3.05) is 13.1 Å². The van der Waals surface area contributed by atoms with Crippen molar-refractivity contribution < 1.29 is 23.8 Å². The van der Waals surface area contributed by atoms with Crippen molar-refractivity contribution in [3.8, 4) is 5.75 Å². The summed E-state index contributed by atoms with van der Waals surface area (Å²) < 4.78 is 11.4. The number of carbonyl (C=O) groups is 2. The van der Waals surface area contributed by atoms with Crippen molar-refractivity contribution in [3.63, 3.8) is 0 Å². The van der Waals surface area contributed by atoms with Gasteiger partial charge in [-0.1, -0.05) is 17.7 Å². The Morgan fingerprint density at radius 3 is 2.69 bits per heavy atom. The highest BCUT2D eigenvalue weighted by Crippen LogP contribution is 2.31. The third-order valence-electron chi connectivity index (χ3n) is 4.85. The van der Waals surface area contributed by atoms with E-state index in [1.807, 2.05) is 32.0 Å². The lowest BCUT2D eigenvalue weighted by atomic mass is 9.90. The summed E-state index contributed by atoms with van der Waals surface area (Å²) in [5.74, 6) is 0.367. The molecule has 1 unspecified atom stereocenters. The lowest BCUT2D eigenvalue weighted by molar-refractivity contribution is -0.147. The fraction of sp³-hybridized carbons (Fsp3) is 0.400. The standard InChI is InChI=1S/C20H23NO5/c1-13-4-6-16(14(2)10-13)25-11-15-5-7-17(26-15)18(22)21-9-8-20(3,12-21)19(23)24/h4-7,10H,8-9,11-12H2,1-3H3,(H,23,24). The van der Waals surface area contributed by atoms with Gasteiger partial charge in [0.25, 0.3) is 5.91 Å². The van der Waals surface area contributed by atoms with E-state index in [2.05, 4.69) is 0 Å². The van der Waals surface area contributed by atoms with Crippen LogP contribution in [0.1, 0.15) is 40.8 Å². The van der Waals surface area contributed by atoms with Crippen LogP contribution >= 0.6 is 0 Å². The average molecular weight is 357 g/mol. The van der Waals surface area contributed by atoms with Gasteiger partial charge < -0.3 is 19.2 Å². The maximum Gasteiger partial charge on any atom is 0.311 e. The molecule has 1 aromatic heterocycles. The Kier molecular flexibility index (Phi) is 4.76. The molecule has 2 aromatic rings. The van der Waals surface area contributed by atoms with Gasteiger partial charge in [0.2, 0.25) is 0 Å². The highest BCUT2D eigenvalue weighted by atomic mass is 16.5. The number of likely N-dealkylation sites (tertiary alicyclic amines) is 1. The van der Waals surface area contributed by atoms with Crippen LogP contribution in [0, 0.1) is 19.3 Å². The molecule has 6 heteroatoms. The Bertz CT molecular complexity index is 840. The molecule has 1 saturated heterocycles. The van der Waals surface area contributed by atoms with E-state index in [4.69, 9.17) is 9.15 Å². The van der Waals surface area contributed by atoms with Crippen LogP contribution in [0.3, 0.4) is 0 Å². The van der Waals surface area contributed by atoms with Crippen molar-refractivity contribution >= 4 is 11.9 Å². The van der Waals surface area contributed by atoms with E-state index in [-0.39, 0.29) is 24.8 Å². The van der Waals surface area contributed by atoms with Crippen LogP contribution < -0.4 is 4.74 Å². The second kappa shape index (κ2) is 6.86. The summed E-state index contributed by atoms with van der Waals surface area (Å²) in [4.78, 5) is 25.4. The molecule has 26 heavy (non-hydrogen) atoms. The van der Waals surface area contributed by atoms with E-state index >= 15 is 0 Å². The second-order valence-corrected chi connectivity index (χ2v) is 7.17. The molecule has 1 aromatic carbocycles. The van der Waals surface area contributed by atoms with E-state index in [9.17, 15) is 14.7 Å². The van der Waals surface area contributed by atoms with E-state index in [1.54, 1.807) is 19.1 Å². The maximum atomic E-state index is 12.5. The van der Waals surface area contributed by atoms with Gasteiger partial charge in [0.05, 0.1) is 5.41 Å². The van der Waals surface area contributed by atoms with Gasteiger partial charge in [0.1, 0.15) is 18.1 Å². The zero-order valence-electron chi connectivity index (χ0n) is 15.2. The van der Waals surface area contributed by atoms with Gasteiger partial charge in [0, 0.05) is 13.1 Å². The van der Waals surface area contributed by atoms with Gasteiger partial charge in [-0.2, -0.15) is 0 Å². The summed E-state index contributed by atoms with van der Waals surface area (Å²) in [6.45, 7) is 6.49. The largest absolute Gasteiger partial charge is 0.485 e. The molecule has 1 N–H and O–H groups in total. The number of ether oxygens (including phenoxy) is 1. The molecular weight excluding hydrogens is 334 g/mol. The number of furan rings is 1. The lowest BCUT2D eigenvalue weighted by Crippen LogP contribution is -2.34. The first-order valence-electron chi connectivity index (χ1n) is 8.60. The number of nitrogens with zero attached hydrogens (tertiary/aromatic N) is 1. The number of benzene rings is 1. The number of rotatable bonds is 5. The first-order valence-corrected chi connectivity index (χ1v) is 8.60. The fourth-order valence-electron chi connectivity index (χ4n) is 3.15. The third kappa shape index (κ3) is 3.59. The third-order valence-corrected chi connectivity index (χ3v) is 4.85. The minimum atomic E-state index is -0.892. The molecular formula is C20H23NO5. The molecule has 0 saturated carbocycles. The van der Waals surface area contributed by atoms with Crippen molar-refractivity contribution in [1.29, 1.82) is 0 Å². The number of aryl methyl sites for hydroxylation is 2. The minimum absolute atomic E-state index is 0.191. The molecule has 0 spiro atoms. The monoisotopic (exact) mass is 357 g/mol. The van der Waals surface area contributed by atoms with Crippen LogP contribution in [-0.2, 0) is 11.4 Å². The molecule has 0 aliphatic carbocycles. The lowest BCUT2D eigenvalue weighted by Gasteiger charge is -2.19. The van der Waals surface area contributed by atoms with Crippen molar-refractivity contribution in [3.05, 3.63) is 53.0 Å². The molecule has 1 amide bonds. The Hall–Kier alpha value is -2.76. The Labute approximate surface area is 152 Å². The van der Waals surface area contributed by atoms with E-state index in [0.717, 1.165) is 11.3 Å². The van der Waals surface area contributed by atoms with Crippen molar-refractivity contribution in [2.45, 2.75) is 33.8 Å². The van der Waals surface area contributed by atoms with E-state index in [0.29, 0.717) is 18.7 Å². The maximum absolute atomic E-state index is 12.5. The van der Waals surface area contributed by atoms with Gasteiger partial charge in [0.15, 0.2) is 5.76 Å². The van der Waals surface area contributed by atoms with Crippen LogP contribution in [0.4, 0.5) is 0 Å². The van der Waals surface area contributed by atoms with E-state index in [1.165, 1.54) is 10.5 Å². The molecule has 0 bridgehead atoms. The summed E-state index contributed by atoms with van der Waals surface area (Å²) in [6, 6.07) is 9.25. The second-order valence-electron chi connectivity index (χ2n) is 7.17. The number of aliphatic carboxylic acids is 1. The molecule has 1 fully saturated rings. The number of carbonyl (C=O) groups excluding carboxylic acids is 1. The van der Waals surface area contributed by atoms with Crippen LogP contribution in [0.25, 0.3) is 0 Å². The summed E-state index contributed by atoms with van der Waals surface area (Å²) in [7, 11) is 0. The van der Waals surface area contributed by atoms with Gasteiger partial charge in [-0.15, -0.1) is 0 Å². The van der Waals surface area contributed by atoms with Crippen molar-refractivity contribution in [2.24, 2.45) is 5.41 Å². The highest BCUT2D eigenvalue weighted by molar-refractivity contribution is 5.92. The zero-order chi connectivity index (χ0) is 18.9. The molecule has 138 valence electrons. The Morgan fingerprint density at radius 1 is 1.27 bits per heavy atom. The SMILES string of the molecule is Cc1ccc(OCc2ccc(C(=O)N3CCC(C)(C(=O)O)C3)o2)c(C)c1. The molecule has 1 aliphatic rings. The quantitative estimate of drug-likeness (QED) is 0.887. The van der Waals surface area contributed by atoms with Crippen LogP contribution in [0.15, 0.2) is 34.7 Å². The molecule has 3 rings (SSSR count). The number of amides is 1. The Morgan fingerprint density at radius 2 is 2.04 bits per heavy atom. The average Bonchev–Trinajstić information content (AvgIpc) is 3.21. The molecule has 2 heterocycles. The number of carboxylic acid groups (broad SMARTS) is 1. The molecule has 1 aliphatic heterocycles. The summed E-state index contributed by atoms with van der Waals surface area (Å²) >= 11 is 0. The van der Waals surface area contributed by atoms with Gasteiger partial charge >= 0.3 is 5.97 Å². The van der Waals surface area contributed by atoms with Gasteiger partial charge in [-0.3, -0.25) is 9.59 Å². The summed E-state index contributed by atoms with van der Waals surface area (Å²) in [6.07, 6.45) is 0.442. The minimum Gasteiger partial charge on any atom is -0.485 e.